The molecule has 1 aromatic rings. The van der Waals surface area contributed by atoms with Gasteiger partial charge in [-0.2, -0.15) is 0 Å². The van der Waals surface area contributed by atoms with Crippen LogP contribution in [0.15, 0.2) is 18.2 Å². The van der Waals surface area contributed by atoms with Crippen molar-refractivity contribution in [2.45, 2.75) is 18.9 Å². The summed E-state index contributed by atoms with van der Waals surface area (Å²) < 4.78 is 0. The highest BCUT2D eigenvalue weighted by Crippen LogP contribution is 2.07. The van der Waals surface area contributed by atoms with Crippen LogP contribution in [0.2, 0.25) is 0 Å². The summed E-state index contributed by atoms with van der Waals surface area (Å²) in [5.41, 5.74) is 0.306. The summed E-state index contributed by atoms with van der Waals surface area (Å²) >= 11 is 0. The van der Waals surface area contributed by atoms with Gasteiger partial charge in [-0.05, 0) is 25.0 Å². The van der Waals surface area contributed by atoms with E-state index in [4.69, 9.17) is 0 Å². The molecule has 6 nitrogen and oxygen atoms in total. The molecular weight excluding hydrogens is 232 g/mol. The van der Waals surface area contributed by atoms with Crippen molar-refractivity contribution in [1.82, 2.24) is 15.6 Å². The smallest absolute Gasteiger partial charge is 0.270 e. The van der Waals surface area contributed by atoms with Crippen molar-refractivity contribution in [1.29, 1.82) is 0 Å². The molecule has 1 aromatic heterocycles. The van der Waals surface area contributed by atoms with Gasteiger partial charge in [0, 0.05) is 13.6 Å². The minimum absolute atomic E-state index is 0.126. The van der Waals surface area contributed by atoms with Crippen molar-refractivity contribution in [2.75, 3.05) is 18.9 Å². The molecule has 0 saturated carbocycles. The van der Waals surface area contributed by atoms with Crippen LogP contribution in [-0.4, -0.2) is 36.4 Å². The number of piperidine rings is 1. The van der Waals surface area contributed by atoms with Gasteiger partial charge >= 0.3 is 0 Å². The molecule has 6 heteroatoms. The lowest BCUT2D eigenvalue weighted by Crippen LogP contribution is -2.50. The van der Waals surface area contributed by atoms with Gasteiger partial charge in [0.2, 0.25) is 5.91 Å². The van der Waals surface area contributed by atoms with Crippen LogP contribution in [0, 0.1) is 0 Å². The fourth-order valence-electron chi connectivity index (χ4n) is 1.84. The fraction of sp³-hybridized carbons (Fsp3) is 0.417. The lowest BCUT2D eigenvalue weighted by molar-refractivity contribution is -0.124. The highest BCUT2D eigenvalue weighted by atomic mass is 16.2. The van der Waals surface area contributed by atoms with Crippen molar-refractivity contribution in [3.63, 3.8) is 0 Å². The minimum Gasteiger partial charge on any atom is -0.373 e. The third-order valence-corrected chi connectivity index (χ3v) is 2.83. The van der Waals surface area contributed by atoms with Crippen molar-refractivity contribution in [3.05, 3.63) is 23.9 Å². The van der Waals surface area contributed by atoms with Crippen molar-refractivity contribution in [3.8, 4) is 0 Å². The van der Waals surface area contributed by atoms with Crippen molar-refractivity contribution in [2.24, 2.45) is 0 Å². The Balaban J connectivity index is 2.04. The third kappa shape index (κ3) is 2.77. The van der Waals surface area contributed by atoms with E-state index in [-0.39, 0.29) is 11.8 Å². The molecule has 0 bridgehead atoms. The number of anilines is 1. The molecule has 1 atom stereocenters. The first kappa shape index (κ1) is 12.3. The lowest BCUT2D eigenvalue weighted by atomic mass is 10.1. The number of carbonyl (C=O) groups excluding carboxylic acids is 2. The topological polar surface area (TPSA) is 83.1 Å². The number of nitrogens with one attached hydrogen (secondary N) is 3. The van der Waals surface area contributed by atoms with Gasteiger partial charge < -0.3 is 16.0 Å². The summed E-state index contributed by atoms with van der Waals surface area (Å²) in [6.45, 7) is 0.679. The van der Waals surface area contributed by atoms with Gasteiger partial charge in [0.05, 0.1) is 0 Å². The highest BCUT2D eigenvalue weighted by molar-refractivity contribution is 5.96. The number of amides is 2. The Morgan fingerprint density at radius 1 is 1.50 bits per heavy atom. The van der Waals surface area contributed by atoms with Crippen LogP contribution < -0.4 is 16.0 Å². The van der Waals surface area contributed by atoms with Crippen LogP contribution in [0.3, 0.4) is 0 Å². The number of aromatic nitrogens is 1. The van der Waals surface area contributed by atoms with Crippen LogP contribution in [-0.2, 0) is 4.79 Å². The second-order valence-electron chi connectivity index (χ2n) is 4.12. The molecule has 0 aliphatic carbocycles. The predicted octanol–water partition coefficient (Wildman–Crippen LogP) is 0.132. The van der Waals surface area contributed by atoms with E-state index in [9.17, 15) is 9.59 Å². The monoisotopic (exact) mass is 248 g/mol. The molecule has 18 heavy (non-hydrogen) atoms. The Hall–Kier alpha value is -2.11. The molecule has 3 N–H and O–H groups in total. The van der Waals surface area contributed by atoms with Crippen molar-refractivity contribution >= 4 is 17.6 Å². The lowest BCUT2D eigenvalue weighted by Gasteiger charge is -2.22. The Morgan fingerprint density at radius 3 is 3.06 bits per heavy atom. The Kier molecular flexibility index (Phi) is 3.76. The molecule has 0 radical (unpaired) electrons. The van der Waals surface area contributed by atoms with E-state index in [1.165, 1.54) is 0 Å². The quantitative estimate of drug-likeness (QED) is 0.710. The van der Waals surface area contributed by atoms with Gasteiger partial charge in [0.1, 0.15) is 17.6 Å². The van der Waals surface area contributed by atoms with Crippen LogP contribution in [0.25, 0.3) is 0 Å². The van der Waals surface area contributed by atoms with Gasteiger partial charge in [0.15, 0.2) is 0 Å². The number of pyridine rings is 1. The molecule has 1 saturated heterocycles. The summed E-state index contributed by atoms with van der Waals surface area (Å²) in [5, 5.41) is 8.28. The van der Waals surface area contributed by atoms with Gasteiger partial charge in [-0.15, -0.1) is 0 Å². The Labute approximate surface area is 105 Å². The largest absolute Gasteiger partial charge is 0.373 e. The number of carbonyl (C=O) groups is 2. The van der Waals surface area contributed by atoms with Gasteiger partial charge in [-0.25, -0.2) is 4.98 Å². The molecule has 2 amide bonds. The molecule has 0 aromatic carbocycles. The second kappa shape index (κ2) is 5.48. The maximum atomic E-state index is 11.9. The molecule has 96 valence electrons. The van der Waals surface area contributed by atoms with Gasteiger partial charge in [0.25, 0.3) is 5.91 Å². The first-order valence-corrected chi connectivity index (χ1v) is 5.94. The fourth-order valence-corrected chi connectivity index (χ4v) is 1.84. The zero-order valence-corrected chi connectivity index (χ0v) is 10.2. The van der Waals surface area contributed by atoms with E-state index in [2.05, 4.69) is 20.9 Å². The zero-order chi connectivity index (χ0) is 13.0. The van der Waals surface area contributed by atoms with E-state index in [1.54, 1.807) is 25.2 Å². The number of nitrogens with zero attached hydrogens (tertiary/aromatic N) is 1. The summed E-state index contributed by atoms with van der Waals surface area (Å²) in [7, 11) is 1.73. The summed E-state index contributed by atoms with van der Waals surface area (Å²) in [5.74, 6) is 0.171. The molecule has 2 rings (SSSR count). The highest BCUT2D eigenvalue weighted by Gasteiger charge is 2.24. The van der Waals surface area contributed by atoms with Crippen LogP contribution in [0.4, 0.5) is 5.82 Å². The van der Waals surface area contributed by atoms with Crippen LogP contribution in [0.5, 0.6) is 0 Å². The van der Waals surface area contributed by atoms with E-state index in [0.717, 1.165) is 6.42 Å². The van der Waals surface area contributed by atoms with E-state index < -0.39 is 6.04 Å². The normalized spacial score (nSPS) is 18.9. The summed E-state index contributed by atoms with van der Waals surface area (Å²) in [6.07, 6.45) is 1.55. The van der Waals surface area contributed by atoms with E-state index in [0.29, 0.717) is 24.5 Å². The Bertz CT molecular complexity index is 461. The maximum Gasteiger partial charge on any atom is 0.270 e. The summed E-state index contributed by atoms with van der Waals surface area (Å²) in [6, 6.07) is 4.68. The zero-order valence-electron chi connectivity index (χ0n) is 10.2. The summed E-state index contributed by atoms with van der Waals surface area (Å²) in [4.78, 5) is 27.6. The molecule has 1 fully saturated rings. The predicted molar refractivity (Wildman–Crippen MR) is 67.3 cm³/mol. The third-order valence-electron chi connectivity index (χ3n) is 2.83. The molecule has 1 aliphatic rings. The standard InChI is InChI=1S/C12H16N4O2/c1-13-10-6-2-4-9(15-10)12(18)16-8-5-3-7-14-11(8)17/h2,4,6,8H,3,5,7H2,1H3,(H,13,15)(H,14,17)(H,16,18). The average Bonchev–Trinajstić information content (AvgIpc) is 2.41. The second-order valence-corrected chi connectivity index (χ2v) is 4.12. The molecular formula is C12H16N4O2. The SMILES string of the molecule is CNc1cccc(C(=O)NC2CCCNC2=O)n1. The number of hydrogen-bond donors (Lipinski definition) is 3. The van der Waals surface area contributed by atoms with Crippen LogP contribution >= 0.6 is 0 Å². The Morgan fingerprint density at radius 2 is 2.33 bits per heavy atom. The molecule has 2 heterocycles. The minimum atomic E-state index is -0.453. The van der Waals surface area contributed by atoms with E-state index in [1.807, 2.05) is 0 Å². The first-order chi connectivity index (χ1) is 8.70. The number of rotatable bonds is 3. The number of hydrogen-bond acceptors (Lipinski definition) is 4. The average molecular weight is 248 g/mol. The van der Waals surface area contributed by atoms with Crippen molar-refractivity contribution < 1.29 is 9.59 Å². The molecule has 0 spiro atoms. The molecule has 1 aliphatic heterocycles. The van der Waals surface area contributed by atoms with Gasteiger partial charge in [-0.3, -0.25) is 9.59 Å². The van der Waals surface area contributed by atoms with Crippen LogP contribution in [0.1, 0.15) is 23.3 Å². The molecule has 1 unspecified atom stereocenters. The first-order valence-electron chi connectivity index (χ1n) is 5.94. The van der Waals surface area contributed by atoms with Gasteiger partial charge in [-0.1, -0.05) is 6.07 Å². The van der Waals surface area contributed by atoms with E-state index >= 15 is 0 Å². The maximum absolute atomic E-state index is 11.9.